The fourth-order valence-corrected chi connectivity index (χ4v) is 0. The molecule has 0 aromatic heterocycles. The Morgan fingerprint density at radius 3 is 1.80 bits per heavy atom. The SMILES string of the molecule is CC(=S)[S-].[Y+3]. The maximum Gasteiger partial charge on any atom is 3.00 e. The minimum Gasteiger partial charge on any atom is -0.433 e. The van der Waals surface area contributed by atoms with Gasteiger partial charge in [-0.25, -0.2) is 0 Å². The molecule has 0 rings (SSSR count). The fourth-order valence-electron chi connectivity index (χ4n) is 0. The maximum atomic E-state index is 4.35. The molecule has 0 aliphatic heterocycles. The van der Waals surface area contributed by atoms with Crippen molar-refractivity contribution in [2.75, 3.05) is 0 Å². The molecule has 5 heavy (non-hydrogen) atoms. The number of rotatable bonds is 0. The zero-order valence-corrected chi connectivity index (χ0v) is 7.37. The first-order valence-electron chi connectivity index (χ1n) is 0.908. The van der Waals surface area contributed by atoms with Crippen LogP contribution >= 0.6 is 12.2 Å². The fraction of sp³-hybridized carbons (Fsp3) is 0.500. The van der Waals surface area contributed by atoms with E-state index in [4.69, 9.17) is 0 Å². The van der Waals surface area contributed by atoms with E-state index < -0.39 is 0 Å². The predicted molar refractivity (Wildman–Crippen MR) is 25.6 cm³/mol. The molecule has 24 valence electrons. The Morgan fingerprint density at radius 2 is 1.80 bits per heavy atom. The second kappa shape index (κ2) is 5.41. The Kier molecular flexibility index (Phi) is 10.4. The third-order valence-corrected chi connectivity index (χ3v) is 0. The van der Waals surface area contributed by atoms with Crippen LogP contribution in [0.2, 0.25) is 0 Å². The van der Waals surface area contributed by atoms with E-state index in [-0.39, 0.29) is 32.7 Å². The molecule has 0 nitrogen and oxygen atoms in total. The third kappa shape index (κ3) is 31.6. The van der Waals surface area contributed by atoms with Gasteiger partial charge in [0.25, 0.3) is 0 Å². The molecule has 0 amide bonds. The van der Waals surface area contributed by atoms with Crippen LogP contribution in [0.3, 0.4) is 0 Å². The summed E-state index contributed by atoms with van der Waals surface area (Å²) in [6, 6.07) is 0. The van der Waals surface area contributed by atoms with Gasteiger partial charge in [-0.05, 0) is 0 Å². The van der Waals surface area contributed by atoms with E-state index >= 15 is 0 Å². The van der Waals surface area contributed by atoms with Crippen molar-refractivity contribution in [2.45, 2.75) is 6.92 Å². The Morgan fingerprint density at radius 1 is 1.80 bits per heavy atom. The van der Waals surface area contributed by atoms with Gasteiger partial charge in [-0.15, -0.1) is 0 Å². The molecule has 0 N–H and O–H groups in total. The molecule has 0 unspecified atom stereocenters. The van der Waals surface area contributed by atoms with Gasteiger partial charge in [-0.2, -0.15) is 4.20 Å². The van der Waals surface area contributed by atoms with Crippen LogP contribution in [0.15, 0.2) is 0 Å². The first-order chi connectivity index (χ1) is 1.73. The third-order valence-electron chi connectivity index (χ3n) is 0. The minimum absolute atomic E-state index is 0. The van der Waals surface area contributed by atoms with E-state index in [1.165, 1.54) is 0 Å². The normalized spacial score (nSPS) is 5.00. The summed E-state index contributed by atoms with van der Waals surface area (Å²) in [6.45, 7) is 1.71. The van der Waals surface area contributed by atoms with Crippen molar-refractivity contribution in [1.29, 1.82) is 0 Å². The van der Waals surface area contributed by atoms with Crippen LogP contribution in [0.25, 0.3) is 0 Å². The molecular formula is C2H3S2Y+2. The zero-order valence-electron chi connectivity index (χ0n) is 2.89. The van der Waals surface area contributed by atoms with Gasteiger partial charge in [-0.3, -0.25) is 0 Å². The summed E-state index contributed by atoms with van der Waals surface area (Å²) in [4.78, 5) is 0. The average Bonchev–Trinajstić information content (AvgIpc) is 0.811. The van der Waals surface area contributed by atoms with E-state index in [1.807, 2.05) is 0 Å². The predicted octanol–water partition coefficient (Wildman–Crippen LogP) is 0.878. The largest absolute Gasteiger partial charge is 3.00 e. The molecule has 3 heteroatoms. The van der Waals surface area contributed by atoms with Crippen LogP contribution in [0, 0.1) is 0 Å². The van der Waals surface area contributed by atoms with Gasteiger partial charge in [0.2, 0.25) is 0 Å². The van der Waals surface area contributed by atoms with Crippen molar-refractivity contribution in [3.63, 3.8) is 0 Å². The Labute approximate surface area is 68.0 Å². The number of hydrogen-bond acceptors (Lipinski definition) is 2. The first-order valence-corrected chi connectivity index (χ1v) is 1.72. The summed E-state index contributed by atoms with van der Waals surface area (Å²) in [5.74, 6) is 0. The molecule has 0 atom stereocenters. The molecule has 0 saturated heterocycles. The summed E-state index contributed by atoms with van der Waals surface area (Å²) >= 11 is 8.70. The van der Waals surface area contributed by atoms with Crippen molar-refractivity contribution in [1.82, 2.24) is 0 Å². The van der Waals surface area contributed by atoms with Gasteiger partial charge in [0.1, 0.15) is 0 Å². The van der Waals surface area contributed by atoms with Crippen LogP contribution in [0.4, 0.5) is 0 Å². The standard InChI is InChI=1S/C2H4S2.Y/c1-2(3)4;/h1H3,(H,3,4);/q;+3/p-1. The monoisotopic (exact) mass is 180 g/mol. The molecular weight excluding hydrogens is 177 g/mol. The zero-order chi connectivity index (χ0) is 3.58. The summed E-state index contributed by atoms with van der Waals surface area (Å²) in [6.07, 6.45) is 0. The molecule has 0 radical (unpaired) electrons. The topological polar surface area (TPSA) is 0 Å². The van der Waals surface area contributed by atoms with E-state index in [0.29, 0.717) is 4.20 Å². The summed E-state index contributed by atoms with van der Waals surface area (Å²) in [5, 5.41) is 0. The Bertz CT molecular complexity index is 30.6. The smallest absolute Gasteiger partial charge is 0.433 e. The van der Waals surface area contributed by atoms with Crippen molar-refractivity contribution in [3.8, 4) is 0 Å². The van der Waals surface area contributed by atoms with E-state index in [9.17, 15) is 0 Å². The van der Waals surface area contributed by atoms with E-state index in [0.717, 1.165) is 0 Å². The van der Waals surface area contributed by atoms with Gasteiger partial charge in [0.15, 0.2) is 0 Å². The van der Waals surface area contributed by atoms with Gasteiger partial charge < -0.3 is 24.8 Å². The summed E-state index contributed by atoms with van der Waals surface area (Å²) < 4.78 is 0.583. The number of thiocarbonyl (C=S) groups is 1. The van der Waals surface area contributed by atoms with Crippen molar-refractivity contribution < 1.29 is 32.7 Å². The van der Waals surface area contributed by atoms with Crippen LogP contribution in [0.1, 0.15) is 6.92 Å². The average molecular weight is 180 g/mol. The molecule has 0 heterocycles. The minimum atomic E-state index is 0. The molecule has 0 aromatic rings. The van der Waals surface area contributed by atoms with Crippen LogP contribution < -0.4 is 0 Å². The van der Waals surface area contributed by atoms with Crippen LogP contribution in [0.5, 0.6) is 0 Å². The van der Waals surface area contributed by atoms with Gasteiger partial charge in [0.05, 0.1) is 0 Å². The van der Waals surface area contributed by atoms with Crippen molar-refractivity contribution >= 4 is 29.0 Å². The maximum absolute atomic E-state index is 4.35. The number of hydrogen-bond donors (Lipinski definition) is 0. The molecule has 0 saturated carbocycles. The van der Waals surface area contributed by atoms with E-state index in [1.54, 1.807) is 6.92 Å². The van der Waals surface area contributed by atoms with Crippen LogP contribution in [-0.2, 0) is 45.3 Å². The molecule has 0 spiro atoms. The molecule has 0 fully saturated rings. The van der Waals surface area contributed by atoms with Crippen LogP contribution in [-0.4, -0.2) is 4.20 Å². The first kappa shape index (κ1) is 9.65. The molecule has 0 aliphatic rings. The van der Waals surface area contributed by atoms with Crippen molar-refractivity contribution in [2.24, 2.45) is 0 Å². The Hall–Kier alpha value is 1.41. The second-order valence-electron chi connectivity index (χ2n) is 0.492. The van der Waals surface area contributed by atoms with Gasteiger partial charge >= 0.3 is 32.7 Å². The van der Waals surface area contributed by atoms with E-state index in [2.05, 4.69) is 24.8 Å². The quantitative estimate of drug-likeness (QED) is 0.401. The second-order valence-corrected chi connectivity index (χ2v) is 1.97. The molecule has 0 aliphatic carbocycles. The Balaban J connectivity index is 0. The summed E-state index contributed by atoms with van der Waals surface area (Å²) in [7, 11) is 0. The molecule has 0 aromatic carbocycles. The summed E-state index contributed by atoms with van der Waals surface area (Å²) in [5.41, 5.74) is 0. The van der Waals surface area contributed by atoms with Crippen molar-refractivity contribution in [3.05, 3.63) is 0 Å². The molecule has 0 bridgehead atoms. The van der Waals surface area contributed by atoms with Gasteiger partial charge in [0, 0.05) is 0 Å². The van der Waals surface area contributed by atoms with Gasteiger partial charge in [-0.1, -0.05) is 6.92 Å².